The average Bonchev–Trinajstić information content (AvgIpc) is 2.14. The summed E-state index contributed by atoms with van der Waals surface area (Å²) in [5, 5.41) is 8.71. The summed E-state index contributed by atoms with van der Waals surface area (Å²) < 4.78 is 36.1. The van der Waals surface area contributed by atoms with E-state index in [1.165, 1.54) is 0 Å². The van der Waals surface area contributed by atoms with Gasteiger partial charge in [0.25, 0.3) is 0 Å². The van der Waals surface area contributed by atoms with Crippen LogP contribution in [0.4, 0.5) is 4.39 Å². The van der Waals surface area contributed by atoms with Crippen molar-refractivity contribution in [3.05, 3.63) is 29.1 Å². The highest BCUT2D eigenvalue weighted by Crippen LogP contribution is 2.23. The highest BCUT2D eigenvalue weighted by molar-refractivity contribution is 9.08. The quantitative estimate of drug-likeness (QED) is 0.864. The predicted octanol–water partition coefficient (Wildman–Crippen LogP) is 1.82. The molecule has 1 aromatic carbocycles. The first-order chi connectivity index (χ1) is 7.29. The number of carboxylic acids is 1. The molecule has 4 nitrogen and oxygen atoms in total. The van der Waals surface area contributed by atoms with E-state index in [1.807, 2.05) is 0 Å². The maximum atomic E-state index is 13.7. The summed E-state index contributed by atoms with van der Waals surface area (Å²) in [6.07, 6.45) is 0.865. The van der Waals surface area contributed by atoms with E-state index in [0.29, 0.717) is 0 Å². The summed E-state index contributed by atoms with van der Waals surface area (Å²) in [5.74, 6) is -2.31. The second-order valence-electron chi connectivity index (χ2n) is 3.11. The number of rotatable bonds is 3. The van der Waals surface area contributed by atoms with E-state index in [2.05, 4.69) is 15.9 Å². The molecule has 0 aliphatic rings. The molecular formula is C9H8BrFO4S. The number of alkyl halides is 1. The highest BCUT2D eigenvalue weighted by Gasteiger charge is 2.21. The molecule has 0 spiro atoms. The van der Waals surface area contributed by atoms with Crippen molar-refractivity contribution in [2.24, 2.45) is 0 Å². The molecule has 0 unspecified atom stereocenters. The summed E-state index contributed by atoms with van der Waals surface area (Å²) in [7, 11) is -3.70. The monoisotopic (exact) mass is 310 g/mol. The van der Waals surface area contributed by atoms with Crippen molar-refractivity contribution in [3.63, 3.8) is 0 Å². The fraction of sp³-hybridized carbons (Fsp3) is 0.222. The number of benzene rings is 1. The van der Waals surface area contributed by atoms with Crippen molar-refractivity contribution in [2.45, 2.75) is 10.2 Å². The molecule has 0 aromatic heterocycles. The van der Waals surface area contributed by atoms with Gasteiger partial charge in [-0.3, -0.25) is 0 Å². The van der Waals surface area contributed by atoms with Crippen LogP contribution >= 0.6 is 15.9 Å². The van der Waals surface area contributed by atoms with Gasteiger partial charge in [-0.1, -0.05) is 15.9 Å². The maximum Gasteiger partial charge on any atom is 0.336 e. The first-order valence-electron chi connectivity index (χ1n) is 4.09. The van der Waals surface area contributed by atoms with Crippen LogP contribution in [0.3, 0.4) is 0 Å². The molecule has 0 heterocycles. The summed E-state index contributed by atoms with van der Waals surface area (Å²) >= 11 is 2.93. The molecule has 0 amide bonds. The number of carboxylic acid groups (broad SMARTS) is 1. The topological polar surface area (TPSA) is 71.4 Å². The molecule has 88 valence electrons. The lowest BCUT2D eigenvalue weighted by Crippen LogP contribution is -2.09. The first kappa shape index (κ1) is 13.1. The van der Waals surface area contributed by atoms with Gasteiger partial charge in [0, 0.05) is 17.1 Å². The molecule has 1 aromatic rings. The van der Waals surface area contributed by atoms with E-state index < -0.39 is 26.5 Å². The van der Waals surface area contributed by atoms with Crippen LogP contribution in [0.15, 0.2) is 17.0 Å². The van der Waals surface area contributed by atoms with Crippen LogP contribution < -0.4 is 0 Å². The Balaban J connectivity index is 3.59. The zero-order chi connectivity index (χ0) is 12.5. The zero-order valence-electron chi connectivity index (χ0n) is 8.20. The molecular weight excluding hydrogens is 303 g/mol. The standard InChI is InChI=1S/C9H8BrFO4S/c1-16(14,15)7-3-2-5(9(12)13)6(4-10)8(7)11/h2-3H,4H2,1H3,(H,12,13). The molecule has 0 saturated heterocycles. The minimum absolute atomic E-state index is 0.0656. The second-order valence-corrected chi connectivity index (χ2v) is 5.66. The van der Waals surface area contributed by atoms with E-state index in [4.69, 9.17) is 5.11 Å². The number of sulfone groups is 1. The van der Waals surface area contributed by atoms with Crippen molar-refractivity contribution in [3.8, 4) is 0 Å². The first-order valence-corrected chi connectivity index (χ1v) is 7.11. The number of hydrogen-bond donors (Lipinski definition) is 1. The Kier molecular flexibility index (Phi) is 3.69. The zero-order valence-corrected chi connectivity index (χ0v) is 10.6. The fourth-order valence-electron chi connectivity index (χ4n) is 1.22. The van der Waals surface area contributed by atoms with Crippen LogP contribution in [-0.2, 0) is 15.2 Å². The lowest BCUT2D eigenvalue weighted by Gasteiger charge is -2.08. The Morgan fingerprint density at radius 2 is 2.06 bits per heavy atom. The van der Waals surface area contributed by atoms with Gasteiger partial charge in [-0.25, -0.2) is 17.6 Å². The van der Waals surface area contributed by atoms with E-state index in [1.54, 1.807) is 0 Å². The molecule has 1 N–H and O–H groups in total. The Labute approximate surface area is 100 Å². The molecule has 0 radical (unpaired) electrons. The lowest BCUT2D eigenvalue weighted by atomic mass is 10.1. The van der Waals surface area contributed by atoms with Gasteiger partial charge in [0.2, 0.25) is 0 Å². The number of halogens is 2. The van der Waals surface area contributed by atoms with Crippen molar-refractivity contribution in [2.75, 3.05) is 6.26 Å². The van der Waals surface area contributed by atoms with E-state index in [-0.39, 0.29) is 16.5 Å². The van der Waals surface area contributed by atoms with E-state index in [0.717, 1.165) is 18.4 Å². The van der Waals surface area contributed by atoms with E-state index >= 15 is 0 Å². The molecule has 0 fully saturated rings. The summed E-state index contributed by atoms with van der Waals surface area (Å²) in [6, 6.07) is 2.04. The molecule has 0 aliphatic carbocycles. The van der Waals surface area contributed by atoms with Crippen LogP contribution in [0.25, 0.3) is 0 Å². The Bertz CT molecular complexity index is 539. The van der Waals surface area contributed by atoms with Gasteiger partial charge < -0.3 is 5.11 Å². The third-order valence-electron chi connectivity index (χ3n) is 1.97. The molecule has 0 atom stereocenters. The number of aromatic carboxylic acids is 1. The summed E-state index contributed by atoms with van der Waals surface area (Å²) in [4.78, 5) is 10.3. The van der Waals surface area contributed by atoms with Gasteiger partial charge in [0.15, 0.2) is 9.84 Å². The predicted molar refractivity (Wildman–Crippen MR) is 59.1 cm³/mol. The van der Waals surface area contributed by atoms with Crippen molar-refractivity contribution >= 4 is 31.7 Å². The van der Waals surface area contributed by atoms with Crippen molar-refractivity contribution < 1.29 is 22.7 Å². The van der Waals surface area contributed by atoms with Crippen LogP contribution in [-0.4, -0.2) is 25.7 Å². The van der Waals surface area contributed by atoms with Crippen LogP contribution in [0.1, 0.15) is 15.9 Å². The summed E-state index contributed by atoms with van der Waals surface area (Å²) in [6.45, 7) is 0. The minimum atomic E-state index is -3.70. The van der Waals surface area contributed by atoms with Gasteiger partial charge in [-0.15, -0.1) is 0 Å². The van der Waals surface area contributed by atoms with Gasteiger partial charge in [-0.05, 0) is 12.1 Å². The van der Waals surface area contributed by atoms with Gasteiger partial charge in [-0.2, -0.15) is 0 Å². The maximum absolute atomic E-state index is 13.7. The molecule has 1 rings (SSSR count). The minimum Gasteiger partial charge on any atom is -0.478 e. The Morgan fingerprint density at radius 1 is 1.50 bits per heavy atom. The molecule has 0 saturated carbocycles. The lowest BCUT2D eigenvalue weighted by molar-refractivity contribution is 0.0695. The second kappa shape index (κ2) is 4.50. The SMILES string of the molecule is CS(=O)(=O)c1ccc(C(=O)O)c(CBr)c1F. The average molecular weight is 311 g/mol. The largest absolute Gasteiger partial charge is 0.478 e. The van der Waals surface area contributed by atoms with Gasteiger partial charge >= 0.3 is 5.97 Å². The molecule has 7 heteroatoms. The molecule has 0 aliphatic heterocycles. The van der Waals surface area contributed by atoms with Crippen LogP contribution in [0.5, 0.6) is 0 Å². The Morgan fingerprint density at radius 3 is 2.44 bits per heavy atom. The van der Waals surface area contributed by atoms with Gasteiger partial charge in [0.05, 0.1) is 5.56 Å². The van der Waals surface area contributed by atoms with Crippen LogP contribution in [0, 0.1) is 5.82 Å². The third kappa shape index (κ3) is 2.41. The molecule has 0 bridgehead atoms. The highest BCUT2D eigenvalue weighted by atomic mass is 79.9. The smallest absolute Gasteiger partial charge is 0.336 e. The Hall–Kier alpha value is -0.950. The van der Waals surface area contributed by atoms with Gasteiger partial charge in [0.1, 0.15) is 10.7 Å². The van der Waals surface area contributed by atoms with Crippen LogP contribution in [0.2, 0.25) is 0 Å². The fourth-order valence-corrected chi connectivity index (χ4v) is 2.53. The summed E-state index contributed by atoms with van der Waals surface area (Å²) in [5.41, 5.74) is -0.419. The number of hydrogen-bond acceptors (Lipinski definition) is 3. The van der Waals surface area contributed by atoms with Crippen molar-refractivity contribution in [1.29, 1.82) is 0 Å². The van der Waals surface area contributed by atoms with E-state index in [9.17, 15) is 17.6 Å². The molecule has 16 heavy (non-hydrogen) atoms. The third-order valence-corrected chi connectivity index (χ3v) is 3.65. The number of carbonyl (C=O) groups is 1. The normalized spacial score (nSPS) is 11.4. The van der Waals surface area contributed by atoms with Crippen molar-refractivity contribution in [1.82, 2.24) is 0 Å².